The van der Waals surface area contributed by atoms with Crippen molar-refractivity contribution < 1.29 is 8.78 Å². The molecule has 0 unspecified atom stereocenters. The molecule has 0 aliphatic rings. The minimum Gasteiger partial charge on any atom is -0.337 e. The summed E-state index contributed by atoms with van der Waals surface area (Å²) in [5.74, 6) is -0.766. The molecule has 88 valence electrons. The van der Waals surface area contributed by atoms with Crippen molar-refractivity contribution >= 4 is 27.4 Å². The van der Waals surface area contributed by atoms with E-state index in [-0.39, 0.29) is 11.6 Å². The molecule has 0 bridgehead atoms. The first-order valence-corrected chi connectivity index (χ1v) is 5.70. The summed E-state index contributed by atoms with van der Waals surface area (Å²) in [5.41, 5.74) is 0.926. The van der Waals surface area contributed by atoms with Crippen LogP contribution in [0.25, 0.3) is 0 Å². The van der Waals surface area contributed by atoms with Gasteiger partial charge in [-0.15, -0.1) is 0 Å². The average molecular weight is 299 g/mol. The third-order valence-electron chi connectivity index (χ3n) is 2.33. The fourth-order valence-corrected chi connectivity index (χ4v) is 1.68. The molecule has 1 aromatic carbocycles. The number of halogens is 3. The molecule has 0 amide bonds. The molecular formula is C12H9BrF2N2. The standard InChI is InChI=1S/C12H9BrF2N2/c1-7-9(14)3-2-4-11(7)17-12-10(15)5-8(13)6-16-12/h2-6H,1H3,(H,16,17). The molecule has 0 atom stereocenters. The molecule has 0 saturated heterocycles. The third-order valence-corrected chi connectivity index (χ3v) is 2.76. The molecule has 1 aromatic heterocycles. The number of benzene rings is 1. The quantitative estimate of drug-likeness (QED) is 0.900. The van der Waals surface area contributed by atoms with Gasteiger partial charge in [-0.25, -0.2) is 13.8 Å². The molecular weight excluding hydrogens is 290 g/mol. The van der Waals surface area contributed by atoms with Crippen LogP contribution in [0.1, 0.15) is 5.56 Å². The zero-order valence-electron chi connectivity index (χ0n) is 8.97. The lowest BCUT2D eigenvalue weighted by Crippen LogP contribution is -1.99. The highest BCUT2D eigenvalue weighted by Gasteiger charge is 2.08. The topological polar surface area (TPSA) is 24.9 Å². The van der Waals surface area contributed by atoms with Crippen molar-refractivity contribution in [1.29, 1.82) is 0 Å². The van der Waals surface area contributed by atoms with Crippen LogP contribution in [0.5, 0.6) is 0 Å². The van der Waals surface area contributed by atoms with Crippen molar-refractivity contribution in [3.63, 3.8) is 0 Å². The second-order valence-electron chi connectivity index (χ2n) is 3.52. The Labute approximate surface area is 106 Å². The van der Waals surface area contributed by atoms with Gasteiger partial charge in [0, 0.05) is 21.9 Å². The maximum absolute atomic E-state index is 13.5. The smallest absolute Gasteiger partial charge is 0.166 e. The molecule has 0 spiro atoms. The number of hydrogen-bond donors (Lipinski definition) is 1. The van der Waals surface area contributed by atoms with Crippen LogP contribution >= 0.6 is 15.9 Å². The first-order valence-electron chi connectivity index (χ1n) is 4.91. The predicted octanol–water partition coefficient (Wildman–Crippen LogP) is 4.17. The first-order chi connectivity index (χ1) is 8.08. The number of nitrogens with zero attached hydrogens (tertiary/aromatic N) is 1. The van der Waals surface area contributed by atoms with Crippen molar-refractivity contribution in [1.82, 2.24) is 4.98 Å². The van der Waals surface area contributed by atoms with E-state index in [2.05, 4.69) is 26.2 Å². The van der Waals surface area contributed by atoms with E-state index in [0.717, 1.165) is 0 Å². The summed E-state index contributed by atoms with van der Waals surface area (Å²) >= 11 is 3.12. The Bertz CT molecular complexity index is 558. The van der Waals surface area contributed by atoms with Gasteiger partial charge < -0.3 is 5.32 Å². The van der Waals surface area contributed by atoms with E-state index >= 15 is 0 Å². The van der Waals surface area contributed by atoms with Crippen molar-refractivity contribution in [3.8, 4) is 0 Å². The number of rotatable bonds is 2. The predicted molar refractivity (Wildman–Crippen MR) is 66.3 cm³/mol. The fourth-order valence-electron chi connectivity index (χ4n) is 1.38. The summed E-state index contributed by atoms with van der Waals surface area (Å²) in [4.78, 5) is 3.89. The number of nitrogens with one attached hydrogen (secondary N) is 1. The van der Waals surface area contributed by atoms with Crippen LogP contribution in [0.15, 0.2) is 34.9 Å². The van der Waals surface area contributed by atoms with Gasteiger partial charge in [0.15, 0.2) is 11.6 Å². The molecule has 1 N–H and O–H groups in total. The summed E-state index contributed by atoms with van der Waals surface area (Å²) in [7, 11) is 0. The van der Waals surface area contributed by atoms with Crippen LogP contribution in [0, 0.1) is 18.6 Å². The zero-order chi connectivity index (χ0) is 12.4. The van der Waals surface area contributed by atoms with E-state index in [1.807, 2.05) is 0 Å². The zero-order valence-corrected chi connectivity index (χ0v) is 10.6. The highest BCUT2D eigenvalue weighted by Crippen LogP contribution is 2.24. The van der Waals surface area contributed by atoms with Gasteiger partial charge in [0.05, 0.1) is 0 Å². The van der Waals surface area contributed by atoms with E-state index in [9.17, 15) is 8.78 Å². The van der Waals surface area contributed by atoms with Gasteiger partial charge in [-0.2, -0.15) is 0 Å². The molecule has 0 fully saturated rings. The van der Waals surface area contributed by atoms with Gasteiger partial charge in [-0.3, -0.25) is 0 Å². The van der Waals surface area contributed by atoms with E-state index < -0.39 is 5.82 Å². The molecule has 0 aliphatic heterocycles. The largest absolute Gasteiger partial charge is 0.337 e. The Morgan fingerprint density at radius 1 is 1.24 bits per heavy atom. The first kappa shape index (κ1) is 12.0. The lowest BCUT2D eigenvalue weighted by Gasteiger charge is -2.09. The van der Waals surface area contributed by atoms with E-state index in [1.165, 1.54) is 18.3 Å². The molecule has 0 aliphatic carbocycles. The lowest BCUT2D eigenvalue weighted by atomic mass is 10.2. The Hall–Kier alpha value is -1.49. The fraction of sp³-hybridized carbons (Fsp3) is 0.0833. The van der Waals surface area contributed by atoms with Gasteiger partial charge in [-0.1, -0.05) is 6.07 Å². The molecule has 5 heteroatoms. The van der Waals surface area contributed by atoms with Crippen LogP contribution in [0.2, 0.25) is 0 Å². The van der Waals surface area contributed by atoms with E-state index in [0.29, 0.717) is 15.7 Å². The van der Waals surface area contributed by atoms with Crippen LogP contribution in [-0.4, -0.2) is 4.98 Å². The average Bonchev–Trinajstić information content (AvgIpc) is 2.28. The summed E-state index contributed by atoms with van der Waals surface area (Å²) in [6.07, 6.45) is 1.47. The number of hydrogen-bond acceptors (Lipinski definition) is 2. The Morgan fingerprint density at radius 2 is 2.00 bits per heavy atom. The van der Waals surface area contributed by atoms with Crippen molar-refractivity contribution in [2.24, 2.45) is 0 Å². The summed E-state index contributed by atoms with van der Waals surface area (Å²) in [6, 6.07) is 5.87. The summed E-state index contributed by atoms with van der Waals surface area (Å²) < 4.78 is 27.4. The minimum absolute atomic E-state index is 0.0712. The monoisotopic (exact) mass is 298 g/mol. The van der Waals surface area contributed by atoms with Gasteiger partial charge in [0.2, 0.25) is 0 Å². The van der Waals surface area contributed by atoms with Crippen LogP contribution < -0.4 is 5.32 Å². The molecule has 2 nitrogen and oxygen atoms in total. The number of pyridine rings is 1. The second-order valence-corrected chi connectivity index (χ2v) is 4.44. The van der Waals surface area contributed by atoms with Gasteiger partial charge in [-0.05, 0) is 41.1 Å². The lowest BCUT2D eigenvalue weighted by molar-refractivity contribution is 0.617. The van der Waals surface area contributed by atoms with Crippen molar-refractivity contribution in [2.75, 3.05) is 5.32 Å². The van der Waals surface area contributed by atoms with Crippen molar-refractivity contribution in [2.45, 2.75) is 6.92 Å². The summed E-state index contributed by atoms with van der Waals surface area (Å²) in [6.45, 7) is 1.62. The highest BCUT2D eigenvalue weighted by molar-refractivity contribution is 9.10. The number of aromatic nitrogens is 1. The SMILES string of the molecule is Cc1c(F)cccc1Nc1ncc(Br)cc1F. The third kappa shape index (κ3) is 2.61. The minimum atomic E-state index is -0.497. The van der Waals surface area contributed by atoms with Gasteiger partial charge >= 0.3 is 0 Å². The molecule has 2 aromatic rings. The molecule has 0 saturated carbocycles. The Morgan fingerprint density at radius 3 is 2.71 bits per heavy atom. The Balaban J connectivity index is 2.35. The molecule has 17 heavy (non-hydrogen) atoms. The highest BCUT2D eigenvalue weighted by atomic mass is 79.9. The second kappa shape index (κ2) is 4.79. The maximum atomic E-state index is 13.5. The molecule has 0 radical (unpaired) electrons. The summed E-state index contributed by atoms with van der Waals surface area (Å²) in [5, 5.41) is 2.76. The van der Waals surface area contributed by atoms with Crippen LogP contribution in [-0.2, 0) is 0 Å². The normalized spacial score (nSPS) is 10.4. The van der Waals surface area contributed by atoms with Gasteiger partial charge in [0.1, 0.15) is 5.82 Å². The van der Waals surface area contributed by atoms with E-state index in [4.69, 9.17) is 0 Å². The van der Waals surface area contributed by atoms with Crippen molar-refractivity contribution in [3.05, 3.63) is 52.1 Å². The molecule has 2 rings (SSSR count). The van der Waals surface area contributed by atoms with Gasteiger partial charge in [0.25, 0.3) is 0 Å². The van der Waals surface area contributed by atoms with Crippen LogP contribution in [0.4, 0.5) is 20.3 Å². The Kier molecular flexibility index (Phi) is 3.38. The van der Waals surface area contributed by atoms with Crippen LogP contribution in [0.3, 0.4) is 0 Å². The van der Waals surface area contributed by atoms with E-state index in [1.54, 1.807) is 19.1 Å². The number of anilines is 2. The maximum Gasteiger partial charge on any atom is 0.166 e. The molecule has 1 heterocycles.